The van der Waals surface area contributed by atoms with Crippen LogP contribution in [0.1, 0.15) is 26.0 Å². The van der Waals surface area contributed by atoms with Gasteiger partial charge in [-0.15, -0.1) is 0 Å². The van der Waals surface area contributed by atoms with E-state index < -0.39 is 12.1 Å². The molecular weight excluding hydrogens is 258 g/mol. The number of hydrogen-bond donors (Lipinski definition) is 0. The lowest BCUT2D eigenvalue weighted by Gasteiger charge is -2.06. The highest BCUT2D eigenvalue weighted by Crippen LogP contribution is 2.31. The second-order valence-electron chi connectivity index (χ2n) is 3.09. The Morgan fingerprint density at radius 1 is 1.06 bits per heavy atom. The average molecular weight is 271 g/mol. The molecule has 0 amide bonds. The zero-order chi connectivity index (χ0) is 13.5. The normalized spacial score (nSPS) is 9.89. The van der Waals surface area contributed by atoms with E-state index >= 15 is 0 Å². The van der Waals surface area contributed by atoms with Crippen LogP contribution in [0.2, 0.25) is 5.02 Å². The Balaban J connectivity index is 0.000000771. The first kappa shape index (κ1) is 14.5. The van der Waals surface area contributed by atoms with Crippen molar-refractivity contribution in [1.82, 2.24) is 9.97 Å². The number of hydrogen-bond acceptors (Lipinski definition) is 2. The van der Waals surface area contributed by atoms with Crippen molar-refractivity contribution in [2.75, 3.05) is 0 Å². The number of nitrogens with zero attached hydrogens (tertiary/aromatic N) is 2. The zero-order valence-corrected chi connectivity index (χ0v) is 10.8. The highest BCUT2D eigenvalue weighted by atomic mass is 35.5. The van der Waals surface area contributed by atoms with Gasteiger partial charge in [0.05, 0.1) is 10.7 Å². The number of halogens is 3. The lowest BCUT2D eigenvalue weighted by Crippen LogP contribution is -1.96. The molecule has 0 saturated carbocycles. The van der Waals surface area contributed by atoms with Gasteiger partial charge in [0.2, 0.25) is 0 Å². The van der Waals surface area contributed by atoms with Crippen molar-refractivity contribution < 1.29 is 8.78 Å². The third-order valence-corrected chi connectivity index (χ3v) is 2.44. The summed E-state index contributed by atoms with van der Waals surface area (Å²) in [6, 6.07) is 8.91. The lowest BCUT2D eigenvalue weighted by atomic mass is 10.1. The van der Waals surface area contributed by atoms with E-state index in [1.807, 2.05) is 19.9 Å². The molecule has 0 unspecified atom stereocenters. The van der Waals surface area contributed by atoms with E-state index in [9.17, 15) is 8.78 Å². The largest absolute Gasteiger partial charge is 0.281 e. The fourth-order valence-corrected chi connectivity index (χ4v) is 1.62. The summed E-state index contributed by atoms with van der Waals surface area (Å²) < 4.78 is 25.1. The van der Waals surface area contributed by atoms with Gasteiger partial charge in [0.1, 0.15) is 12.0 Å². The fraction of sp³-hybridized carbons (Fsp3) is 0.231. The number of alkyl halides is 2. The molecule has 0 fully saturated rings. The lowest BCUT2D eigenvalue weighted by molar-refractivity contribution is 0.146. The first-order chi connectivity index (χ1) is 8.70. The molecule has 0 radical (unpaired) electrons. The summed E-state index contributed by atoms with van der Waals surface area (Å²) in [7, 11) is 0. The van der Waals surface area contributed by atoms with E-state index in [1.54, 1.807) is 24.3 Å². The Morgan fingerprint density at radius 3 is 2.22 bits per heavy atom. The summed E-state index contributed by atoms with van der Waals surface area (Å²) in [4.78, 5) is 7.39. The molecular formula is C13H13ClF2N2. The van der Waals surface area contributed by atoms with Gasteiger partial charge >= 0.3 is 0 Å². The molecule has 0 N–H and O–H groups in total. The molecule has 0 spiro atoms. The third kappa shape index (κ3) is 3.23. The minimum absolute atomic E-state index is 0.0938. The van der Waals surface area contributed by atoms with E-state index in [-0.39, 0.29) is 5.02 Å². The van der Waals surface area contributed by atoms with Crippen molar-refractivity contribution >= 4 is 11.6 Å². The Labute approximate surface area is 110 Å². The monoisotopic (exact) mass is 270 g/mol. The Bertz CT molecular complexity index is 490. The second-order valence-corrected chi connectivity index (χ2v) is 3.47. The van der Waals surface area contributed by atoms with Gasteiger partial charge in [0.15, 0.2) is 0 Å². The molecule has 18 heavy (non-hydrogen) atoms. The van der Waals surface area contributed by atoms with Crippen molar-refractivity contribution in [2.45, 2.75) is 20.3 Å². The molecule has 0 aliphatic rings. The van der Waals surface area contributed by atoms with Crippen LogP contribution < -0.4 is 0 Å². The van der Waals surface area contributed by atoms with Crippen molar-refractivity contribution in [3.8, 4) is 11.3 Å². The van der Waals surface area contributed by atoms with Gasteiger partial charge in [-0.05, 0) is 0 Å². The molecule has 0 saturated heterocycles. The smallest absolute Gasteiger partial charge is 0.235 e. The molecule has 0 bridgehead atoms. The Kier molecular flexibility index (Phi) is 5.65. The van der Waals surface area contributed by atoms with Crippen LogP contribution in [0.4, 0.5) is 8.78 Å². The summed E-state index contributed by atoms with van der Waals surface area (Å²) in [5.41, 5.74) is 0.583. The molecule has 2 nitrogen and oxygen atoms in total. The van der Waals surface area contributed by atoms with Gasteiger partial charge in [0, 0.05) is 5.56 Å². The van der Waals surface area contributed by atoms with Crippen LogP contribution in [-0.4, -0.2) is 9.97 Å². The molecule has 2 aromatic rings. The second kappa shape index (κ2) is 7.01. The standard InChI is InChI=1S/C11H7ClF2N2.C2H6/c12-8-9(7-4-2-1-3-5-7)15-6-16-10(8)11(13)14;1-2/h1-6,11H;1-2H3. The maximum atomic E-state index is 12.5. The van der Waals surface area contributed by atoms with Gasteiger partial charge in [-0.2, -0.15) is 0 Å². The molecule has 1 aromatic heterocycles. The highest BCUT2D eigenvalue weighted by Gasteiger charge is 2.17. The van der Waals surface area contributed by atoms with Crippen LogP contribution in [0.15, 0.2) is 36.7 Å². The van der Waals surface area contributed by atoms with Crippen LogP contribution in [0.25, 0.3) is 11.3 Å². The topological polar surface area (TPSA) is 25.8 Å². The zero-order valence-electron chi connectivity index (χ0n) is 10.1. The van der Waals surface area contributed by atoms with Crippen LogP contribution in [0.3, 0.4) is 0 Å². The van der Waals surface area contributed by atoms with Gasteiger partial charge in [0.25, 0.3) is 6.43 Å². The molecule has 0 aliphatic heterocycles. The molecule has 1 heterocycles. The first-order valence-electron chi connectivity index (χ1n) is 5.54. The predicted molar refractivity (Wildman–Crippen MR) is 68.8 cm³/mol. The van der Waals surface area contributed by atoms with Gasteiger partial charge in [-0.25, -0.2) is 18.7 Å². The van der Waals surface area contributed by atoms with Gasteiger partial charge in [-0.1, -0.05) is 55.8 Å². The van der Waals surface area contributed by atoms with Crippen molar-refractivity contribution in [2.24, 2.45) is 0 Å². The number of rotatable bonds is 2. The molecule has 0 aliphatic carbocycles. The van der Waals surface area contributed by atoms with Gasteiger partial charge in [-0.3, -0.25) is 0 Å². The van der Waals surface area contributed by atoms with Crippen LogP contribution in [-0.2, 0) is 0 Å². The van der Waals surface area contributed by atoms with Crippen molar-refractivity contribution in [3.05, 3.63) is 47.4 Å². The SMILES string of the molecule is CC.FC(F)c1ncnc(-c2ccccc2)c1Cl. The summed E-state index contributed by atoms with van der Waals surface area (Å²) in [5.74, 6) is 0. The molecule has 96 valence electrons. The van der Waals surface area contributed by atoms with Crippen LogP contribution >= 0.6 is 11.6 Å². The summed E-state index contributed by atoms with van der Waals surface area (Å²) >= 11 is 5.83. The van der Waals surface area contributed by atoms with E-state index in [0.717, 1.165) is 6.33 Å². The van der Waals surface area contributed by atoms with E-state index in [4.69, 9.17) is 11.6 Å². The highest BCUT2D eigenvalue weighted by molar-refractivity contribution is 6.33. The molecule has 0 atom stereocenters. The quantitative estimate of drug-likeness (QED) is 0.786. The summed E-state index contributed by atoms with van der Waals surface area (Å²) in [6.45, 7) is 4.00. The van der Waals surface area contributed by atoms with Crippen LogP contribution in [0.5, 0.6) is 0 Å². The average Bonchev–Trinajstić information content (AvgIpc) is 2.42. The van der Waals surface area contributed by atoms with Crippen molar-refractivity contribution in [1.29, 1.82) is 0 Å². The first-order valence-corrected chi connectivity index (χ1v) is 5.92. The van der Waals surface area contributed by atoms with Crippen LogP contribution in [0, 0.1) is 0 Å². The number of aromatic nitrogens is 2. The van der Waals surface area contributed by atoms with Crippen molar-refractivity contribution in [3.63, 3.8) is 0 Å². The van der Waals surface area contributed by atoms with E-state index in [2.05, 4.69) is 9.97 Å². The molecule has 5 heteroatoms. The Hall–Kier alpha value is -1.55. The predicted octanol–water partition coefficient (Wildman–Crippen LogP) is 4.76. The van der Waals surface area contributed by atoms with E-state index in [0.29, 0.717) is 11.3 Å². The van der Waals surface area contributed by atoms with Gasteiger partial charge < -0.3 is 0 Å². The minimum Gasteiger partial charge on any atom is -0.235 e. The molecule has 2 rings (SSSR count). The maximum Gasteiger partial charge on any atom is 0.281 e. The third-order valence-electron chi connectivity index (χ3n) is 2.07. The summed E-state index contributed by atoms with van der Waals surface area (Å²) in [6.07, 6.45) is -1.60. The number of benzene rings is 1. The summed E-state index contributed by atoms with van der Waals surface area (Å²) in [5, 5.41) is -0.0938. The fourth-order valence-electron chi connectivity index (χ4n) is 1.33. The molecule has 1 aromatic carbocycles. The minimum atomic E-state index is -2.70. The maximum absolute atomic E-state index is 12.5. The van der Waals surface area contributed by atoms with E-state index in [1.165, 1.54) is 0 Å². The Morgan fingerprint density at radius 2 is 1.67 bits per heavy atom.